The summed E-state index contributed by atoms with van der Waals surface area (Å²) in [6.45, 7) is 3.82. The van der Waals surface area contributed by atoms with Gasteiger partial charge >= 0.3 is 0 Å². The van der Waals surface area contributed by atoms with Gasteiger partial charge < -0.3 is 9.30 Å². The van der Waals surface area contributed by atoms with Gasteiger partial charge in [-0.15, -0.1) is 11.8 Å². The first-order valence-electron chi connectivity index (χ1n) is 9.26. The summed E-state index contributed by atoms with van der Waals surface area (Å²) in [6, 6.07) is 10.6. The van der Waals surface area contributed by atoms with Gasteiger partial charge in [0.2, 0.25) is 0 Å². The number of imidazole rings is 1. The van der Waals surface area contributed by atoms with Crippen LogP contribution in [0.1, 0.15) is 30.7 Å². The predicted octanol–water partition coefficient (Wildman–Crippen LogP) is 4.89. The van der Waals surface area contributed by atoms with Crippen molar-refractivity contribution in [2.75, 3.05) is 19.5 Å². The van der Waals surface area contributed by atoms with E-state index in [2.05, 4.69) is 46.8 Å². The van der Waals surface area contributed by atoms with Crippen molar-refractivity contribution in [2.45, 2.75) is 44.0 Å². The first-order valence-corrected chi connectivity index (χ1v) is 10.2. The summed E-state index contributed by atoms with van der Waals surface area (Å²) in [4.78, 5) is 10.4. The van der Waals surface area contributed by atoms with Crippen molar-refractivity contribution in [1.82, 2.24) is 14.5 Å². The number of methoxy groups -OCH3 is 1. The van der Waals surface area contributed by atoms with Crippen LogP contribution in [-0.4, -0.2) is 34.0 Å². The molecule has 2 heterocycles. The van der Waals surface area contributed by atoms with Crippen molar-refractivity contribution < 1.29 is 4.74 Å². The van der Waals surface area contributed by atoms with Crippen LogP contribution in [0.4, 0.5) is 0 Å². The van der Waals surface area contributed by atoms with Crippen molar-refractivity contribution in [3.63, 3.8) is 0 Å². The average molecular weight is 370 g/mol. The molecule has 0 fully saturated rings. The first-order chi connectivity index (χ1) is 12.8. The minimum Gasteiger partial charge on any atom is -0.384 e. The fraction of sp³-hybridized carbons (Fsp3) is 0.429. The lowest BCUT2D eigenvalue weighted by atomic mass is 10.2. The number of ether oxygens (including phenoxy) is 1. The summed E-state index contributed by atoms with van der Waals surface area (Å²) >= 11 is 1.94. The number of thioether (sulfide) groups is 1. The van der Waals surface area contributed by atoms with Crippen LogP contribution in [-0.2, 0) is 17.7 Å². The lowest BCUT2D eigenvalue weighted by Crippen LogP contribution is -2.07. The van der Waals surface area contributed by atoms with Crippen LogP contribution in [0.3, 0.4) is 0 Å². The van der Waals surface area contributed by atoms with E-state index in [9.17, 15) is 0 Å². The molecular formula is C21H27N3OS. The van der Waals surface area contributed by atoms with E-state index in [1.54, 1.807) is 7.11 Å². The Kier molecular flexibility index (Phi) is 7.09. The monoisotopic (exact) mass is 369 g/mol. The molecule has 1 aromatic carbocycles. The van der Waals surface area contributed by atoms with Crippen molar-refractivity contribution in [1.29, 1.82) is 0 Å². The number of unbranched alkanes of at least 4 members (excludes halogenated alkanes) is 2. The van der Waals surface area contributed by atoms with Gasteiger partial charge in [-0.05, 0) is 43.2 Å². The molecular weight excluding hydrogens is 342 g/mol. The summed E-state index contributed by atoms with van der Waals surface area (Å²) in [7, 11) is 1.74. The van der Waals surface area contributed by atoms with Gasteiger partial charge in [0.1, 0.15) is 11.3 Å². The smallest absolute Gasteiger partial charge is 0.112 e. The summed E-state index contributed by atoms with van der Waals surface area (Å²) in [5, 5.41) is 0. The molecule has 0 saturated heterocycles. The Bertz CT molecular complexity index is 817. The quantitative estimate of drug-likeness (QED) is 0.377. The molecule has 0 saturated carbocycles. The fourth-order valence-electron chi connectivity index (χ4n) is 3.19. The summed E-state index contributed by atoms with van der Waals surface area (Å²) in [6.07, 6.45) is 8.27. The van der Waals surface area contributed by atoms with Gasteiger partial charge in [0.05, 0.1) is 18.3 Å². The van der Waals surface area contributed by atoms with Crippen LogP contribution in [0, 0.1) is 6.92 Å². The number of aryl methyl sites for hydroxylation is 2. The third-order valence-electron chi connectivity index (χ3n) is 4.48. The zero-order valence-electron chi connectivity index (χ0n) is 15.6. The van der Waals surface area contributed by atoms with Gasteiger partial charge in [0.25, 0.3) is 0 Å². The van der Waals surface area contributed by atoms with E-state index >= 15 is 0 Å². The highest BCUT2D eigenvalue weighted by atomic mass is 32.2. The molecule has 4 nitrogen and oxygen atoms in total. The third-order valence-corrected chi connectivity index (χ3v) is 5.58. The zero-order valence-corrected chi connectivity index (χ0v) is 16.5. The van der Waals surface area contributed by atoms with Crippen LogP contribution in [0.15, 0.2) is 47.6 Å². The number of nitrogens with zero attached hydrogens (tertiary/aromatic N) is 3. The van der Waals surface area contributed by atoms with Crippen LogP contribution in [0.25, 0.3) is 11.0 Å². The van der Waals surface area contributed by atoms with Crippen molar-refractivity contribution in [2.24, 2.45) is 0 Å². The Labute approximate surface area is 160 Å². The van der Waals surface area contributed by atoms with E-state index < -0.39 is 0 Å². The van der Waals surface area contributed by atoms with E-state index in [1.807, 2.05) is 24.2 Å². The predicted molar refractivity (Wildman–Crippen MR) is 109 cm³/mol. The van der Waals surface area contributed by atoms with E-state index in [1.165, 1.54) is 41.0 Å². The highest BCUT2D eigenvalue weighted by molar-refractivity contribution is 7.99. The normalized spacial score (nSPS) is 11.3. The number of benzene rings is 1. The molecule has 0 aliphatic rings. The second-order valence-electron chi connectivity index (χ2n) is 6.47. The molecule has 0 aliphatic heterocycles. The van der Waals surface area contributed by atoms with Gasteiger partial charge in [0.15, 0.2) is 0 Å². The topological polar surface area (TPSA) is 39.9 Å². The summed E-state index contributed by atoms with van der Waals surface area (Å²) < 4.78 is 7.63. The SMILES string of the molecule is COCCc1nc2cncc(C)c2n1CCCCCSc1ccccc1. The highest BCUT2D eigenvalue weighted by Crippen LogP contribution is 2.22. The molecule has 0 spiro atoms. The second-order valence-corrected chi connectivity index (χ2v) is 7.64. The maximum atomic E-state index is 5.25. The maximum Gasteiger partial charge on any atom is 0.112 e. The second kappa shape index (κ2) is 9.74. The van der Waals surface area contributed by atoms with Crippen LogP contribution < -0.4 is 0 Å². The van der Waals surface area contributed by atoms with E-state index in [4.69, 9.17) is 9.72 Å². The van der Waals surface area contributed by atoms with Gasteiger partial charge in [0, 0.05) is 31.2 Å². The summed E-state index contributed by atoms with van der Waals surface area (Å²) in [5.74, 6) is 2.28. The molecule has 5 heteroatoms. The first kappa shape index (κ1) is 18.9. The van der Waals surface area contributed by atoms with Crippen LogP contribution in [0.5, 0.6) is 0 Å². The number of aromatic nitrogens is 3. The van der Waals surface area contributed by atoms with E-state index in [0.29, 0.717) is 6.61 Å². The molecule has 138 valence electrons. The minimum absolute atomic E-state index is 0.698. The molecule has 0 N–H and O–H groups in total. The molecule has 26 heavy (non-hydrogen) atoms. The molecule has 0 atom stereocenters. The Hall–Kier alpha value is -1.85. The summed E-state index contributed by atoms with van der Waals surface area (Å²) in [5.41, 5.74) is 3.42. The molecule has 3 aromatic rings. The molecule has 0 aliphatic carbocycles. The fourth-order valence-corrected chi connectivity index (χ4v) is 4.12. The van der Waals surface area contributed by atoms with Gasteiger partial charge in [-0.1, -0.05) is 24.6 Å². The number of fused-ring (bicyclic) bond motifs is 1. The third kappa shape index (κ3) is 4.86. The molecule has 0 unspecified atom stereocenters. The molecule has 3 rings (SSSR count). The Morgan fingerprint density at radius 1 is 1.08 bits per heavy atom. The Morgan fingerprint density at radius 2 is 1.92 bits per heavy atom. The van der Waals surface area contributed by atoms with Crippen molar-refractivity contribution in [3.05, 3.63) is 54.1 Å². The van der Waals surface area contributed by atoms with E-state index in [-0.39, 0.29) is 0 Å². The maximum absolute atomic E-state index is 5.25. The number of pyridine rings is 1. The standard InChI is InChI=1S/C21H27N3OS/c1-17-15-22-16-19-21(17)24(20(23-19)11-13-25-2)12-7-4-8-14-26-18-9-5-3-6-10-18/h3,5-6,9-10,15-16H,4,7-8,11-14H2,1-2H3. The molecule has 0 amide bonds. The largest absolute Gasteiger partial charge is 0.384 e. The van der Waals surface area contributed by atoms with Gasteiger partial charge in [-0.2, -0.15) is 0 Å². The van der Waals surface area contributed by atoms with Crippen LogP contribution in [0.2, 0.25) is 0 Å². The Morgan fingerprint density at radius 3 is 2.73 bits per heavy atom. The Balaban J connectivity index is 1.55. The minimum atomic E-state index is 0.698. The van der Waals surface area contributed by atoms with E-state index in [0.717, 1.165) is 24.3 Å². The number of rotatable bonds is 10. The van der Waals surface area contributed by atoms with Gasteiger partial charge in [-0.3, -0.25) is 4.98 Å². The average Bonchev–Trinajstić information content (AvgIpc) is 3.02. The zero-order chi connectivity index (χ0) is 18.2. The highest BCUT2D eigenvalue weighted by Gasteiger charge is 2.12. The molecule has 0 radical (unpaired) electrons. The van der Waals surface area contributed by atoms with Crippen molar-refractivity contribution in [3.8, 4) is 0 Å². The van der Waals surface area contributed by atoms with Crippen molar-refractivity contribution >= 4 is 22.8 Å². The number of hydrogen-bond donors (Lipinski definition) is 0. The lowest BCUT2D eigenvalue weighted by molar-refractivity contribution is 0.199. The number of hydrogen-bond acceptors (Lipinski definition) is 4. The molecule has 2 aromatic heterocycles. The molecule has 0 bridgehead atoms. The van der Waals surface area contributed by atoms with Gasteiger partial charge in [-0.25, -0.2) is 4.98 Å². The van der Waals surface area contributed by atoms with Crippen LogP contribution >= 0.6 is 11.8 Å². The lowest BCUT2D eigenvalue weighted by Gasteiger charge is -2.10.